The van der Waals surface area contributed by atoms with Crippen LogP contribution in [0.15, 0.2) is 35.3 Å². The fourth-order valence-electron chi connectivity index (χ4n) is 3.76. The van der Waals surface area contributed by atoms with Crippen molar-refractivity contribution < 1.29 is 13.9 Å². The van der Waals surface area contributed by atoms with Gasteiger partial charge in [-0.3, -0.25) is 9.79 Å². The number of aromatic nitrogens is 1. The number of hydrogen-bond donors (Lipinski definition) is 3. The zero-order chi connectivity index (χ0) is 21.5. The number of aliphatic imine (C=N–C) groups is 1. The number of hydrogen-bond acceptors (Lipinski definition) is 5. The normalized spacial score (nSPS) is 16.9. The molecule has 0 spiro atoms. The van der Waals surface area contributed by atoms with Crippen LogP contribution >= 0.6 is 0 Å². The van der Waals surface area contributed by atoms with Gasteiger partial charge in [0.1, 0.15) is 5.82 Å². The van der Waals surface area contributed by atoms with Crippen LogP contribution in [-0.2, 0) is 11.2 Å². The number of aromatic amines is 1. The highest BCUT2D eigenvalue weighted by molar-refractivity contribution is 6.07. The highest BCUT2D eigenvalue weighted by Gasteiger charge is 2.31. The molecule has 0 radical (unpaired) electrons. The van der Waals surface area contributed by atoms with Crippen LogP contribution in [0.5, 0.6) is 0 Å². The van der Waals surface area contributed by atoms with Crippen LogP contribution in [-0.4, -0.2) is 43.8 Å². The van der Waals surface area contributed by atoms with Gasteiger partial charge in [-0.2, -0.15) is 0 Å². The van der Waals surface area contributed by atoms with Gasteiger partial charge in [0, 0.05) is 37.7 Å². The van der Waals surface area contributed by atoms with Gasteiger partial charge in [-0.1, -0.05) is 6.07 Å². The van der Waals surface area contributed by atoms with E-state index in [1.54, 1.807) is 25.4 Å². The number of ether oxygens (including phenoxy) is 1. The van der Waals surface area contributed by atoms with Gasteiger partial charge in [0.15, 0.2) is 5.78 Å². The molecule has 2 aromatic rings. The second-order valence-corrected chi connectivity index (χ2v) is 7.34. The lowest BCUT2D eigenvalue weighted by Gasteiger charge is -2.20. The maximum absolute atomic E-state index is 13.8. The molecule has 7 heteroatoms. The van der Waals surface area contributed by atoms with E-state index in [0.29, 0.717) is 56.0 Å². The lowest BCUT2D eigenvalue weighted by molar-refractivity contribution is 0.0951. The molecule has 1 aromatic heterocycles. The van der Waals surface area contributed by atoms with E-state index in [0.717, 1.165) is 17.0 Å². The third kappa shape index (κ3) is 5.04. The molecule has 1 aliphatic rings. The number of carbonyl (C=O) groups is 1. The summed E-state index contributed by atoms with van der Waals surface area (Å²) in [4.78, 5) is 20.5. The second kappa shape index (κ2) is 10.3. The van der Waals surface area contributed by atoms with Crippen LogP contribution < -0.4 is 11.1 Å². The van der Waals surface area contributed by atoms with Crippen molar-refractivity contribution >= 4 is 28.9 Å². The quantitative estimate of drug-likeness (QED) is 0.427. The molecular formula is C23H29FN4O2. The number of ketones is 1. The Morgan fingerprint density at radius 2 is 2.27 bits per heavy atom. The summed E-state index contributed by atoms with van der Waals surface area (Å²) in [5.74, 6) is -0.182. The molecule has 3 rings (SSSR count). The number of carbonyl (C=O) groups excluding carboxylic acids is 1. The average Bonchev–Trinajstić information content (AvgIpc) is 3.09. The van der Waals surface area contributed by atoms with E-state index in [-0.39, 0.29) is 17.5 Å². The number of rotatable bonds is 9. The first-order valence-corrected chi connectivity index (χ1v) is 10.3. The van der Waals surface area contributed by atoms with Crippen molar-refractivity contribution in [2.45, 2.75) is 26.2 Å². The number of nitrogens with zero attached hydrogens (tertiary/aromatic N) is 1. The van der Waals surface area contributed by atoms with Crippen LogP contribution in [0.25, 0.3) is 5.57 Å². The minimum atomic E-state index is -0.342. The number of nitrogens with two attached hydrogens (primary N) is 1. The summed E-state index contributed by atoms with van der Waals surface area (Å²) in [6, 6.07) is 6.22. The number of Topliss-reactive ketones (excluding diaryl/α,β-unsaturated/α-hetero) is 1. The summed E-state index contributed by atoms with van der Waals surface area (Å²) in [7, 11) is 1.71. The largest absolute Gasteiger partial charge is 0.381 e. The number of allylic oxidation sites excluding steroid dienone is 1. The van der Waals surface area contributed by atoms with E-state index in [4.69, 9.17) is 10.5 Å². The first-order chi connectivity index (χ1) is 14.6. The van der Waals surface area contributed by atoms with E-state index >= 15 is 0 Å². The van der Waals surface area contributed by atoms with Crippen LogP contribution in [0, 0.1) is 11.7 Å². The maximum Gasteiger partial charge on any atom is 0.167 e. The molecule has 1 atom stereocenters. The van der Waals surface area contributed by atoms with Gasteiger partial charge in [-0.15, -0.1) is 0 Å². The van der Waals surface area contributed by atoms with Crippen LogP contribution in [0.3, 0.4) is 0 Å². The predicted molar refractivity (Wildman–Crippen MR) is 119 cm³/mol. The molecule has 4 N–H and O–H groups in total. The lowest BCUT2D eigenvalue weighted by Crippen LogP contribution is -2.26. The standard InChI is InChI=1S/C23H29FN4O2/c1-3-30-10-8-16(7-9-26-2)22-23(27-18-6-4-5-17(24)13-18)21-19(28-22)11-15(14-25)12-20(21)29/h4-7,9,13,15,27-28H,3,8,10-12,14,25H2,1-2H3/b16-7+,26-9-. The molecular weight excluding hydrogens is 383 g/mol. The summed E-state index contributed by atoms with van der Waals surface area (Å²) >= 11 is 0. The topological polar surface area (TPSA) is 92.5 Å². The smallest absolute Gasteiger partial charge is 0.167 e. The molecule has 160 valence electrons. The Hall–Kier alpha value is -2.77. The molecule has 1 aliphatic carbocycles. The number of H-pyrrole nitrogens is 1. The van der Waals surface area contributed by atoms with Gasteiger partial charge in [0.2, 0.25) is 0 Å². The van der Waals surface area contributed by atoms with Crippen molar-refractivity contribution in [3.63, 3.8) is 0 Å². The predicted octanol–water partition coefficient (Wildman–Crippen LogP) is 4.11. The number of fused-ring (bicyclic) bond motifs is 1. The van der Waals surface area contributed by atoms with E-state index in [1.807, 2.05) is 13.0 Å². The summed E-state index contributed by atoms with van der Waals surface area (Å²) in [5, 5.41) is 3.28. The SMILES string of the molecule is CCOCC/C(=C\C=N/C)c1[nH]c2c(c1Nc1cccc(F)c1)C(=O)CC(CN)C2. The van der Waals surface area contributed by atoms with E-state index in [2.05, 4.69) is 15.3 Å². The number of benzene rings is 1. The molecule has 6 nitrogen and oxygen atoms in total. The number of halogens is 1. The number of nitrogens with one attached hydrogen (secondary N) is 2. The van der Waals surface area contributed by atoms with Crippen LogP contribution in [0.2, 0.25) is 0 Å². The van der Waals surface area contributed by atoms with Crippen molar-refractivity contribution in [1.82, 2.24) is 4.98 Å². The molecule has 0 aliphatic heterocycles. The van der Waals surface area contributed by atoms with E-state index in [9.17, 15) is 9.18 Å². The zero-order valence-electron chi connectivity index (χ0n) is 17.5. The Morgan fingerprint density at radius 3 is 2.97 bits per heavy atom. The third-order valence-corrected chi connectivity index (χ3v) is 5.22. The highest BCUT2D eigenvalue weighted by Crippen LogP contribution is 2.38. The number of anilines is 2. The Balaban J connectivity index is 2.09. The Labute approximate surface area is 176 Å². The molecule has 0 amide bonds. The summed E-state index contributed by atoms with van der Waals surface area (Å²) in [5.41, 5.74) is 10.4. The van der Waals surface area contributed by atoms with Gasteiger partial charge in [0.25, 0.3) is 0 Å². The fourth-order valence-corrected chi connectivity index (χ4v) is 3.76. The molecule has 0 bridgehead atoms. The fraction of sp³-hybridized carbons (Fsp3) is 0.391. The minimum Gasteiger partial charge on any atom is -0.381 e. The van der Waals surface area contributed by atoms with Crippen molar-refractivity contribution in [1.29, 1.82) is 0 Å². The highest BCUT2D eigenvalue weighted by atomic mass is 19.1. The first-order valence-electron chi connectivity index (χ1n) is 10.3. The van der Waals surface area contributed by atoms with Gasteiger partial charge in [-0.25, -0.2) is 4.39 Å². The summed E-state index contributed by atoms with van der Waals surface area (Å²) in [6.45, 7) is 3.58. The van der Waals surface area contributed by atoms with Crippen molar-refractivity contribution in [2.75, 3.05) is 32.1 Å². The Bertz CT molecular complexity index is 949. The molecule has 30 heavy (non-hydrogen) atoms. The van der Waals surface area contributed by atoms with Gasteiger partial charge < -0.3 is 20.8 Å². The molecule has 1 unspecified atom stereocenters. The summed E-state index contributed by atoms with van der Waals surface area (Å²) < 4.78 is 19.3. The Morgan fingerprint density at radius 1 is 1.43 bits per heavy atom. The van der Waals surface area contributed by atoms with E-state index < -0.39 is 0 Å². The van der Waals surface area contributed by atoms with Crippen molar-refractivity contribution in [3.05, 3.63) is 53.1 Å². The molecule has 0 saturated carbocycles. The summed E-state index contributed by atoms with van der Waals surface area (Å²) in [6.07, 6.45) is 5.39. The molecule has 1 heterocycles. The van der Waals surface area contributed by atoms with Crippen molar-refractivity contribution in [3.8, 4) is 0 Å². The minimum absolute atomic E-state index is 0.0430. The van der Waals surface area contributed by atoms with Gasteiger partial charge >= 0.3 is 0 Å². The molecule has 1 aromatic carbocycles. The van der Waals surface area contributed by atoms with Gasteiger partial charge in [-0.05, 0) is 62.1 Å². The first kappa shape index (κ1) is 21.9. The zero-order valence-corrected chi connectivity index (χ0v) is 17.5. The third-order valence-electron chi connectivity index (χ3n) is 5.22. The molecule has 0 fully saturated rings. The monoisotopic (exact) mass is 412 g/mol. The molecule has 0 saturated heterocycles. The van der Waals surface area contributed by atoms with Gasteiger partial charge in [0.05, 0.1) is 23.6 Å². The average molecular weight is 413 g/mol. The van der Waals surface area contributed by atoms with E-state index in [1.165, 1.54) is 12.1 Å². The second-order valence-electron chi connectivity index (χ2n) is 7.34. The van der Waals surface area contributed by atoms with Crippen LogP contribution in [0.4, 0.5) is 15.8 Å². The van der Waals surface area contributed by atoms with Crippen molar-refractivity contribution in [2.24, 2.45) is 16.6 Å². The maximum atomic E-state index is 13.8. The Kier molecular flexibility index (Phi) is 7.54. The van der Waals surface area contributed by atoms with Crippen LogP contribution in [0.1, 0.15) is 41.5 Å². The lowest BCUT2D eigenvalue weighted by atomic mass is 9.86.